The first-order valence-electron chi connectivity index (χ1n) is 9.41. The lowest BCUT2D eigenvalue weighted by molar-refractivity contribution is -0.128. The lowest BCUT2D eigenvalue weighted by Gasteiger charge is -2.18. The molecule has 0 bridgehead atoms. The van der Waals surface area contributed by atoms with Gasteiger partial charge in [-0.1, -0.05) is 11.6 Å². The molecular weight excluding hydrogens is 411 g/mol. The molecular formula is C21H20ClFN4O3. The van der Waals surface area contributed by atoms with Crippen LogP contribution in [0.15, 0.2) is 36.7 Å². The van der Waals surface area contributed by atoms with Crippen LogP contribution in [0.5, 0.6) is 11.5 Å². The third-order valence-electron chi connectivity index (χ3n) is 4.99. The normalized spacial score (nSPS) is 16.0. The number of hydrogen-bond donors (Lipinski definition) is 1. The average molecular weight is 431 g/mol. The molecule has 1 amide bonds. The fourth-order valence-electron chi connectivity index (χ4n) is 3.42. The van der Waals surface area contributed by atoms with Crippen LogP contribution in [-0.2, 0) is 4.79 Å². The fraction of sp³-hybridized carbons (Fsp3) is 0.286. The molecule has 1 aliphatic rings. The lowest BCUT2D eigenvalue weighted by atomic mass is 10.2. The van der Waals surface area contributed by atoms with E-state index < -0.39 is 5.82 Å². The number of benzene rings is 2. The largest absolute Gasteiger partial charge is 0.493 e. The number of amides is 1. The average Bonchev–Trinajstić information content (AvgIpc) is 3.20. The number of fused-ring (bicyclic) bond motifs is 1. The van der Waals surface area contributed by atoms with Gasteiger partial charge in [0, 0.05) is 37.0 Å². The molecule has 0 spiro atoms. The Bertz CT molecular complexity index is 1110. The van der Waals surface area contributed by atoms with E-state index in [4.69, 9.17) is 21.1 Å². The summed E-state index contributed by atoms with van der Waals surface area (Å²) in [5.74, 6) is 1.14. The predicted octanol–water partition coefficient (Wildman–Crippen LogP) is 4.17. The number of likely N-dealkylation sites (tertiary alicyclic amines) is 1. The van der Waals surface area contributed by atoms with Crippen molar-refractivity contribution in [2.75, 3.05) is 25.5 Å². The number of nitrogens with one attached hydrogen (secondary N) is 1. The van der Waals surface area contributed by atoms with Gasteiger partial charge in [-0.2, -0.15) is 0 Å². The van der Waals surface area contributed by atoms with Gasteiger partial charge in [-0.05, 0) is 24.3 Å². The predicted molar refractivity (Wildman–Crippen MR) is 112 cm³/mol. The van der Waals surface area contributed by atoms with Gasteiger partial charge in [0.15, 0.2) is 11.5 Å². The standard InChI is InChI=1S/C21H20ClFN4O3/c1-12(28)27-6-5-14(10-27)30-20-8-15-18(9-19(20)29-2)24-11-25-21(15)26-13-3-4-17(23)16(22)7-13/h3-4,7-9,11,14H,5-6,10H2,1-2H3,(H,24,25,26). The van der Waals surface area contributed by atoms with E-state index in [1.807, 2.05) is 0 Å². The summed E-state index contributed by atoms with van der Waals surface area (Å²) in [4.78, 5) is 22.0. The van der Waals surface area contributed by atoms with Gasteiger partial charge in [-0.25, -0.2) is 14.4 Å². The highest BCUT2D eigenvalue weighted by molar-refractivity contribution is 6.31. The summed E-state index contributed by atoms with van der Waals surface area (Å²) in [5, 5.41) is 3.86. The molecule has 1 unspecified atom stereocenters. The molecule has 2 aromatic carbocycles. The number of aromatic nitrogens is 2. The topological polar surface area (TPSA) is 76.6 Å². The van der Waals surface area contributed by atoms with Crippen molar-refractivity contribution in [2.24, 2.45) is 0 Å². The van der Waals surface area contributed by atoms with Crippen molar-refractivity contribution in [3.8, 4) is 11.5 Å². The van der Waals surface area contributed by atoms with Gasteiger partial charge >= 0.3 is 0 Å². The number of ether oxygens (including phenoxy) is 2. The summed E-state index contributed by atoms with van der Waals surface area (Å²) in [5.41, 5.74) is 1.24. The highest BCUT2D eigenvalue weighted by Gasteiger charge is 2.26. The van der Waals surface area contributed by atoms with Crippen LogP contribution >= 0.6 is 11.6 Å². The number of carbonyl (C=O) groups is 1. The minimum Gasteiger partial charge on any atom is -0.493 e. The first-order chi connectivity index (χ1) is 14.4. The van der Waals surface area contributed by atoms with E-state index >= 15 is 0 Å². The van der Waals surface area contributed by atoms with E-state index in [1.165, 1.54) is 18.5 Å². The number of anilines is 2. The highest BCUT2D eigenvalue weighted by atomic mass is 35.5. The second kappa shape index (κ2) is 8.31. The van der Waals surface area contributed by atoms with Crippen LogP contribution in [0.1, 0.15) is 13.3 Å². The fourth-order valence-corrected chi connectivity index (χ4v) is 3.60. The van der Waals surface area contributed by atoms with E-state index in [1.54, 1.807) is 37.1 Å². The molecule has 1 saturated heterocycles. The van der Waals surface area contributed by atoms with Crippen LogP contribution in [0, 0.1) is 5.82 Å². The lowest BCUT2D eigenvalue weighted by Crippen LogP contribution is -2.28. The summed E-state index contributed by atoms with van der Waals surface area (Å²) >= 11 is 5.88. The van der Waals surface area contributed by atoms with Crippen molar-refractivity contribution in [1.82, 2.24) is 14.9 Å². The smallest absolute Gasteiger partial charge is 0.219 e. The number of halogens is 2. The maximum atomic E-state index is 13.5. The molecule has 0 saturated carbocycles. The Balaban J connectivity index is 1.66. The molecule has 156 valence electrons. The van der Waals surface area contributed by atoms with Crippen LogP contribution in [0.2, 0.25) is 5.02 Å². The molecule has 3 aromatic rings. The highest BCUT2D eigenvalue weighted by Crippen LogP contribution is 2.36. The van der Waals surface area contributed by atoms with Crippen molar-refractivity contribution < 1.29 is 18.7 Å². The van der Waals surface area contributed by atoms with E-state index in [0.717, 1.165) is 6.42 Å². The Hall–Kier alpha value is -3.13. The summed E-state index contributed by atoms with van der Waals surface area (Å²) in [6.07, 6.45) is 2.04. The number of hydrogen-bond acceptors (Lipinski definition) is 6. The van der Waals surface area contributed by atoms with E-state index in [0.29, 0.717) is 47.0 Å². The van der Waals surface area contributed by atoms with Crippen molar-refractivity contribution >= 4 is 39.9 Å². The third-order valence-corrected chi connectivity index (χ3v) is 5.28. The molecule has 1 fully saturated rings. The van der Waals surface area contributed by atoms with Crippen LogP contribution in [-0.4, -0.2) is 47.1 Å². The monoisotopic (exact) mass is 430 g/mol. The second-order valence-electron chi connectivity index (χ2n) is 6.99. The molecule has 2 heterocycles. The zero-order valence-electron chi connectivity index (χ0n) is 16.5. The zero-order chi connectivity index (χ0) is 21.3. The molecule has 7 nitrogen and oxygen atoms in total. The van der Waals surface area contributed by atoms with Gasteiger partial charge in [-0.15, -0.1) is 0 Å². The maximum Gasteiger partial charge on any atom is 0.219 e. The van der Waals surface area contributed by atoms with Crippen molar-refractivity contribution in [3.05, 3.63) is 47.5 Å². The summed E-state index contributed by atoms with van der Waals surface area (Å²) < 4.78 is 25.1. The zero-order valence-corrected chi connectivity index (χ0v) is 17.2. The Morgan fingerprint density at radius 1 is 1.27 bits per heavy atom. The molecule has 0 radical (unpaired) electrons. The van der Waals surface area contributed by atoms with Crippen LogP contribution in [0.4, 0.5) is 15.9 Å². The van der Waals surface area contributed by atoms with Gasteiger partial charge in [-0.3, -0.25) is 4.79 Å². The molecule has 9 heteroatoms. The Morgan fingerprint density at radius 2 is 2.10 bits per heavy atom. The molecule has 1 aliphatic heterocycles. The van der Waals surface area contributed by atoms with Gasteiger partial charge < -0.3 is 19.7 Å². The molecule has 1 aromatic heterocycles. The number of methoxy groups -OCH3 is 1. The van der Waals surface area contributed by atoms with Gasteiger partial charge in [0.1, 0.15) is 24.1 Å². The number of nitrogens with zero attached hydrogens (tertiary/aromatic N) is 3. The quantitative estimate of drug-likeness (QED) is 0.654. The minimum absolute atomic E-state index is 0.0142. The minimum atomic E-state index is -0.494. The van der Waals surface area contributed by atoms with Crippen molar-refractivity contribution in [1.29, 1.82) is 0 Å². The van der Waals surface area contributed by atoms with E-state index in [-0.39, 0.29) is 17.0 Å². The second-order valence-corrected chi connectivity index (χ2v) is 7.40. The number of rotatable bonds is 5. The molecule has 1 N–H and O–H groups in total. The molecule has 0 aliphatic carbocycles. The van der Waals surface area contributed by atoms with Gasteiger partial charge in [0.2, 0.25) is 5.91 Å². The van der Waals surface area contributed by atoms with Crippen molar-refractivity contribution in [2.45, 2.75) is 19.4 Å². The van der Waals surface area contributed by atoms with Crippen molar-refractivity contribution in [3.63, 3.8) is 0 Å². The number of carbonyl (C=O) groups excluding carboxylic acids is 1. The SMILES string of the molecule is COc1cc2ncnc(Nc3ccc(F)c(Cl)c3)c2cc1OC1CCN(C(C)=O)C1. The van der Waals surface area contributed by atoms with Crippen LogP contribution in [0.25, 0.3) is 10.9 Å². The molecule has 4 rings (SSSR count). The first-order valence-corrected chi connectivity index (χ1v) is 9.79. The van der Waals surface area contributed by atoms with Crippen LogP contribution in [0.3, 0.4) is 0 Å². The summed E-state index contributed by atoms with van der Waals surface area (Å²) in [6, 6.07) is 7.92. The van der Waals surface area contributed by atoms with Gasteiger partial charge in [0.05, 0.1) is 24.2 Å². The summed E-state index contributed by atoms with van der Waals surface area (Å²) in [7, 11) is 1.56. The van der Waals surface area contributed by atoms with E-state index in [2.05, 4.69) is 15.3 Å². The van der Waals surface area contributed by atoms with Gasteiger partial charge in [0.25, 0.3) is 0 Å². The Morgan fingerprint density at radius 3 is 2.80 bits per heavy atom. The Labute approximate surface area is 177 Å². The third kappa shape index (κ3) is 4.09. The summed E-state index contributed by atoms with van der Waals surface area (Å²) in [6.45, 7) is 2.74. The van der Waals surface area contributed by atoms with E-state index in [9.17, 15) is 9.18 Å². The molecule has 30 heavy (non-hydrogen) atoms. The Kier molecular flexibility index (Phi) is 5.59. The van der Waals surface area contributed by atoms with Crippen LogP contribution < -0.4 is 14.8 Å². The first kappa shape index (κ1) is 20.2. The molecule has 1 atom stereocenters. The maximum absolute atomic E-state index is 13.5.